The molecule has 1 saturated heterocycles. The molecular formula is C22H31N3O2+2. The number of piperazine rings is 1. The van der Waals surface area contributed by atoms with Gasteiger partial charge in [-0.3, -0.25) is 4.79 Å². The number of hydrogen-bond donors (Lipinski definition) is 3. The zero-order valence-electron chi connectivity index (χ0n) is 16.0. The summed E-state index contributed by atoms with van der Waals surface area (Å²) < 4.78 is 5.79. The Labute approximate surface area is 161 Å². The van der Waals surface area contributed by atoms with Crippen molar-refractivity contribution in [2.75, 3.05) is 52.4 Å². The zero-order valence-corrected chi connectivity index (χ0v) is 16.0. The summed E-state index contributed by atoms with van der Waals surface area (Å²) in [5, 5.41) is 3.06. The van der Waals surface area contributed by atoms with E-state index >= 15 is 0 Å². The van der Waals surface area contributed by atoms with Crippen LogP contribution in [-0.2, 0) is 11.2 Å². The van der Waals surface area contributed by atoms with Crippen molar-refractivity contribution >= 4 is 5.91 Å². The first kappa shape index (κ1) is 19.4. The van der Waals surface area contributed by atoms with Crippen molar-refractivity contribution in [3.8, 4) is 5.75 Å². The Kier molecular flexibility index (Phi) is 7.69. The highest BCUT2D eigenvalue weighted by Gasteiger charge is 2.24. The summed E-state index contributed by atoms with van der Waals surface area (Å²) in [7, 11) is 0. The summed E-state index contributed by atoms with van der Waals surface area (Å²) in [6.45, 7) is 7.36. The maximum atomic E-state index is 12.2. The molecule has 0 saturated carbocycles. The molecule has 1 aliphatic heterocycles. The van der Waals surface area contributed by atoms with Crippen molar-refractivity contribution in [3.05, 3.63) is 66.2 Å². The molecule has 0 aromatic heterocycles. The number of ether oxygens (including phenoxy) is 1. The molecule has 5 nitrogen and oxygen atoms in total. The first-order valence-electron chi connectivity index (χ1n) is 9.95. The van der Waals surface area contributed by atoms with E-state index in [0.717, 1.165) is 51.5 Å². The highest BCUT2D eigenvalue weighted by molar-refractivity contribution is 5.76. The molecule has 0 spiro atoms. The topological polar surface area (TPSA) is 47.2 Å². The van der Waals surface area contributed by atoms with Crippen molar-refractivity contribution in [2.24, 2.45) is 0 Å². The number of quaternary nitrogens is 2. The van der Waals surface area contributed by atoms with Crippen LogP contribution in [0.5, 0.6) is 5.75 Å². The lowest BCUT2D eigenvalue weighted by Gasteiger charge is -2.29. The molecule has 144 valence electrons. The molecule has 0 unspecified atom stereocenters. The van der Waals surface area contributed by atoms with E-state index in [2.05, 4.69) is 17.4 Å². The summed E-state index contributed by atoms with van der Waals surface area (Å²) in [5.41, 5.74) is 1.26. The van der Waals surface area contributed by atoms with E-state index in [0.29, 0.717) is 13.1 Å². The van der Waals surface area contributed by atoms with Crippen molar-refractivity contribution in [3.63, 3.8) is 0 Å². The molecule has 27 heavy (non-hydrogen) atoms. The van der Waals surface area contributed by atoms with Crippen LogP contribution in [0.15, 0.2) is 60.7 Å². The van der Waals surface area contributed by atoms with E-state index in [9.17, 15) is 4.79 Å². The molecule has 1 aliphatic rings. The van der Waals surface area contributed by atoms with Crippen LogP contribution in [0.25, 0.3) is 0 Å². The highest BCUT2D eigenvalue weighted by atomic mass is 16.5. The van der Waals surface area contributed by atoms with Gasteiger partial charge in [0.05, 0.1) is 0 Å². The van der Waals surface area contributed by atoms with Gasteiger partial charge in [0.2, 0.25) is 0 Å². The highest BCUT2D eigenvalue weighted by Crippen LogP contribution is 2.07. The average molecular weight is 370 g/mol. The summed E-state index contributed by atoms with van der Waals surface area (Å²) in [6.07, 6.45) is 0.890. The smallest absolute Gasteiger partial charge is 0.275 e. The van der Waals surface area contributed by atoms with Gasteiger partial charge in [0.1, 0.15) is 45.1 Å². The molecule has 0 bridgehead atoms. The van der Waals surface area contributed by atoms with Crippen molar-refractivity contribution in [1.82, 2.24) is 5.32 Å². The number of rotatable bonds is 9. The van der Waals surface area contributed by atoms with Gasteiger partial charge in [-0.15, -0.1) is 0 Å². The minimum Gasteiger partial charge on any atom is -0.488 e. The van der Waals surface area contributed by atoms with E-state index in [1.165, 1.54) is 10.5 Å². The van der Waals surface area contributed by atoms with Gasteiger partial charge in [0, 0.05) is 6.54 Å². The summed E-state index contributed by atoms with van der Waals surface area (Å²) in [4.78, 5) is 15.1. The molecule has 2 aromatic carbocycles. The largest absolute Gasteiger partial charge is 0.488 e. The van der Waals surface area contributed by atoms with Gasteiger partial charge in [-0.05, 0) is 24.1 Å². The molecule has 1 heterocycles. The lowest BCUT2D eigenvalue weighted by molar-refractivity contribution is -1.01. The van der Waals surface area contributed by atoms with Crippen molar-refractivity contribution in [1.29, 1.82) is 0 Å². The number of carbonyl (C=O) groups excluding carboxylic acids is 1. The Hall–Kier alpha value is -2.37. The number of hydrogen-bond acceptors (Lipinski definition) is 2. The minimum atomic E-state index is 0.164. The van der Waals surface area contributed by atoms with Crippen LogP contribution in [0.2, 0.25) is 0 Å². The lowest BCUT2D eigenvalue weighted by Crippen LogP contribution is -3.28. The third-order valence-electron chi connectivity index (χ3n) is 5.12. The maximum absolute atomic E-state index is 12.2. The molecule has 0 aliphatic carbocycles. The first-order valence-corrected chi connectivity index (χ1v) is 9.95. The summed E-state index contributed by atoms with van der Waals surface area (Å²) in [6, 6.07) is 20.3. The fraction of sp³-hybridized carbons (Fsp3) is 0.409. The van der Waals surface area contributed by atoms with Crippen LogP contribution in [-0.4, -0.2) is 58.3 Å². The zero-order chi connectivity index (χ0) is 18.7. The van der Waals surface area contributed by atoms with Crippen LogP contribution in [0.1, 0.15) is 5.56 Å². The molecular weight excluding hydrogens is 338 g/mol. The second-order valence-electron chi connectivity index (χ2n) is 7.17. The van der Waals surface area contributed by atoms with Gasteiger partial charge < -0.3 is 19.9 Å². The van der Waals surface area contributed by atoms with Gasteiger partial charge in [0.25, 0.3) is 5.91 Å². The molecule has 3 N–H and O–H groups in total. The van der Waals surface area contributed by atoms with Crippen LogP contribution >= 0.6 is 0 Å². The maximum Gasteiger partial charge on any atom is 0.275 e. The van der Waals surface area contributed by atoms with Gasteiger partial charge in [0.15, 0.2) is 6.54 Å². The molecule has 3 rings (SSSR count). The van der Waals surface area contributed by atoms with E-state index in [4.69, 9.17) is 4.74 Å². The monoisotopic (exact) mass is 369 g/mol. The van der Waals surface area contributed by atoms with E-state index in [1.54, 1.807) is 4.90 Å². The predicted octanol–water partition coefficient (Wildman–Crippen LogP) is -0.792. The van der Waals surface area contributed by atoms with Crippen LogP contribution in [0, 0.1) is 0 Å². The molecule has 0 radical (unpaired) electrons. The lowest BCUT2D eigenvalue weighted by atomic mass is 10.1. The minimum absolute atomic E-state index is 0.164. The fourth-order valence-corrected chi connectivity index (χ4v) is 3.49. The van der Waals surface area contributed by atoms with Gasteiger partial charge >= 0.3 is 0 Å². The number of para-hydroxylation sites is 1. The fourth-order valence-electron chi connectivity index (χ4n) is 3.49. The third-order valence-corrected chi connectivity index (χ3v) is 5.12. The number of carbonyl (C=O) groups is 1. The second kappa shape index (κ2) is 10.7. The standard InChI is InChI=1S/C22H29N3O2/c26-22(23-12-11-20-7-3-1-4-8-20)19-25-15-13-24(14-16-25)17-18-27-21-9-5-2-6-10-21/h1-10H,11-19H2,(H,23,26)/p+2. The number of amides is 1. The van der Waals surface area contributed by atoms with E-state index in [1.807, 2.05) is 48.5 Å². The third kappa shape index (κ3) is 7.04. The number of benzene rings is 2. The normalized spacial score (nSPS) is 19.4. The summed E-state index contributed by atoms with van der Waals surface area (Å²) in [5.74, 6) is 1.10. The molecule has 1 amide bonds. The molecule has 5 heteroatoms. The first-order chi connectivity index (χ1) is 13.3. The Morgan fingerprint density at radius 3 is 2.22 bits per heavy atom. The number of nitrogens with one attached hydrogen (secondary N) is 3. The van der Waals surface area contributed by atoms with E-state index < -0.39 is 0 Å². The van der Waals surface area contributed by atoms with Crippen LogP contribution < -0.4 is 19.9 Å². The molecule has 2 aromatic rings. The predicted molar refractivity (Wildman–Crippen MR) is 106 cm³/mol. The van der Waals surface area contributed by atoms with Gasteiger partial charge in [-0.1, -0.05) is 48.5 Å². The van der Waals surface area contributed by atoms with Crippen LogP contribution in [0.3, 0.4) is 0 Å². The Bertz CT molecular complexity index is 670. The SMILES string of the molecule is O=C(C[NH+]1CC[NH+](CCOc2ccccc2)CC1)NCCc1ccccc1. The second-order valence-corrected chi connectivity index (χ2v) is 7.17. The summed E-state index contributed by atoms with van der Waals surface area (Å²) >= 11 is 0. The van der Waals surface area contributed by atoms with E-state index in [-0.39, 0.29) is 5.91 Å². The Morgan fingerprint density at radius 2 is 1.52 bits per heavy atom. The van der Waals surface area contributed by atoms with Crippen molar-refractivity contribution in [2.45, 2.75) is 6.42 Å². The average Bonchev–Trinajstić information content (AvgIpc) is 2.71. The van der Waals surface area contributed by atoms with Gasteiger partial charge in [-0.25, -0.2) is 0 Å². The Balaban J connectivity index is 1.26. The Morgan fingerprint density at radius 1 is 0.889 bits per heavy atom. The van der Waals surface area contributed by atoms with Crippen LogP contribution in [0.4, 0.5) is 0 Å². The quantitative estimate of drug-likeness (QED) is 0.543. The molecule has 0 atom stereocenters. The molecule has 1 fully saturated rings. The van der Waals surface area contributed by atoms with Crippen molar-refractivity contribution < 1.29 is 19.3 Å². The van der Waals surface area contributed by atoms with Gasteiger partial charge in [-0.2, -0.15) is 0 Å².